The molecule has 1 aliphatic rings. The molecule has 0 unspecified atom stereocenters. The number of amides is 3. The molecule has 1 heterocycles. The van der Waals surface area contributed by atoms with Gasteiger partial charge >= 0.3 is 6.03 Å². The van der Waals surface area contributed by atoms with Crippen LogP contribution >= 0.6 is 15.9 Å². The van der Waals surface area contributed by atoms with Crippen LogP contribution in [-0.4, -0.2) is 34.8 Å². The molecule has 12 heavy (non-hydrogen) atoms. The number of rotatable bonds is 2. The van der Waals surface area contributed by atoms with E-state index in [0.717, 1.165) is 6.42 Å². The maximum absolute atomic E-state index is 11.1. The second-order valence-electron chi connectivity index (χ2n) is 2.71. The molecule has 1 fully saturated rings. The lowest BCUT2D eigenvalue weighted by molar-refractivity contribution is -0.120. The van der Waals surface area contributed by atoms with Gasteiger partial charge in [0, 0.05) is 13.1 Å². The highest BCUT2D eigenvalue weighted by Gasteiger charge is 2.29. The highest BCUT2D eigenvalue weighted by molar-refractivity contribution is 9.10. The molecular weight excluding hydrogens is 224 g/mol. The van der Waals surface area contributed by atoms with Crippen molar-refractivity contribution < 1.29 is 9.59 Å². The summed E-state index contributed by atoms with van der Waals surface area (Å²) in [5, 5.41) is 2.27. The lowest BCUT2D eigenvalue weighted by Crippen LogP contribution is -2.55. The zero-order chi connectivity index (χ0) is 9.14. The molecule has 0 aliphatic carbocycles. The molecule has 0 radical (unpaired) electrons. The Morgan fingerprint density at radius 2 is 2.33 bits per heavy atom. The van der Waals surface area contributed by atoms with Crippen molar-refractivity contribution in [2.75, 3.05) is 13.1 Å². The number of carbonyl (C=O) groups excluding carboxylic acids is 2. The summed E-state index contributed by atoms with van der Waals surface area (Å²) < 4.78 is 0. The third kappa shape index (κ3) is 1.97. The van der Waals surface area contributed by atoms with Crippen LogP contribution < -0.4 is 5.32 Å². The van der Waals surface area contributed by atoms with Crippen molar-refractivity contribution in [2.24, 2.45) is 0 Å². The molecule has 5 heteroatoms. The number of alkyl halides is 1. The first-order valence-corrected chi connectivity index (χ1v) is 4.80. The first kappa shape index (κ1) is 9.51. The van der Waals surface area contributed by atoms with Crippen molar-refractivity contribution in [2.45, 2.75) is 18.2 Å². The van der Waals surface area contributed by atoms with E-state index in [1.165, 1.54) is 0 Å². The average Bonchev–Trinajstić information content (AvgIpc) is 2.01. The molecule has 0 spiro atoms. The second-order valence-corrected chi connectivity index (χ2v) is 3.81. The minimum atomic E-state index is -0.280. The van der Waals surface area contributed by atoms with Crippen LogP contribution in [0.15, 0.2) is 0 Å². The van der Waals surface area contributed by atoms with Crippen LogP contribution in [0.1, 0.15) is 13.3 Å². The van der Waals surface area contributed by atoms with Crippen molar-refractivity contribution in [3.63, 3.8) is 0 Å². The highest BCUT2D eigenvalue weighted by atomic mass is 79.9. The highest BCUT2D eigenvalue weighted by Crippen LogP contribution is 2.09. The molecule has 68 valence electrons. The summed E-state index contributed by atoms with van der Waals surface area (Å²) in [4.78, 5) is 23.4. The molecule has 1 rings (SSSR count). The van der Waals surface area contributed by atoms with Crippen molar-refractivity contribution in [3.8, 4) is 0 Å². The fourth-order valence-corrected chi connectivity index (χ4v) is 1.55. The minimum Gasteiger partial charge on any atom is -0.323 e. The third-order valence-electron chi connectivity index (χ3n) is 1.68. The number of carbonyl (C=O) groups is 2. The second kappa shape index (κ2) is 3.89. The van der Waals surface area contributed by atoms with Crippen LogP contribution in [0.25, 0.3) is 0 Å². The lowest BCUT2D eigenvalue weighted by atomic mass is 10.3. The van der Waals surface area contributed by atoms with E-state index in [2.05, 4.69) is 21.2 Å². The Hall–Kier alpha value is -0.580. The van der Waals surface area contributed by atoms with Gasteiger partial charge < -0.3 is 4.90 Å². The van der Waals surface area contributed by atoms with Gasteiger partial charge in [0.25, 0.3) is 0 Å². The lowest BCUT2D eigenvalue weighted by Gasteiger charge is -2.28. The average molecular weight is 235 g/mol. The van der Waals surface area contributed by atoms with E-state index in [9.17, 15) is 9.59 Å². The normalized spacial score (nSPS) is 24.2. The fourth-order valence-electron chi connectivity index (χ4n) is 1.08. The molecule has 0 bridgehead atoms. The maximum atomic E-state index is 11.1. The van der Waals surface area contributed by atoms with E-state index in [4.69, 9.17) is 0 Å². The van der Waals surface area contributed by atoms with E-state index in [0.29, 0.717) is 13.1 Å². The predicted molar refractivity (Wildman–Crippen MR) is 48.1 cm³/mol. The summed E-state index contributed by atoms with van der Waals surface area (Å²) in [6.07, 6.45) is 0.904. The number of hydrogen-bond acceptors (Lipinski definition) is 2. The minimum absolute atomic E-state index is 0.243. The Kier molecular flexibility index (Phi) is 3.08. The summed E-state index contributed by atoms with van der Waals surface area (Å²) in [7, 11) is 0. The number of halogens is 1. The van der Waals surface area contributed by atoms with Crippen molar-refractivity contribution in [1.29, 1.82) is 0 Å². The molecule has 1 saturated heterocycles. The van der Waals surface area contributed by atoms with Gasteiger partial charge in [-0.3, -0.25) is 10.1 Å². The molecule has 4 nitrogen and oxygen atoms in total. The van der Waals surface area contributed by atoms with E-state index in [-0.39, 0.29) is 16.8 Å². The van der Waals surface area contributed by atoms with E-state index >= 15 is 0 Å². The Bertz CT molecular complexity index is 208. The van der Waals surface area contributed by atoms with Crippen LogP contribution in [0.5, 0.6) is 0 Å². The summed E-state index contributed by atoms with van der Waals surface area (Å²) in [6, 6.07) is -0.280. The summed E-state index contributed by atoms with van der Waals surface area (Å²) in [6.45, 7) is 3.16. The predicted octanol–water partition coefficient (Wildman–Crippen LogP) is 0.712. The number of hydrogen-bond donors (Lipinski definition) is 1. The molecule has 0 saturated carbocycles. The van der Waals surface area contributed by atoms with Crippen LogP contribution in [-0.2, 0) is 4.79 Å². The van der Waals surface area contributed by atoms with Gasteiger partial charge in [0.1, 0.15) is 4.83 Å². The first-order chi connectivity index (χ1) is 5.65. The van der Waals surface area contributed by atoms with Crippen LogP contribution in [0.3, 0.4) is 0 Å². The van der Waals surface area contributed by atoms with Gasteiger partial charge in [0.05, 0.1) is 0 Å². The van der Waals surface area contributed by atoms with Crippen LogP contribution in [0.2, 0.25) is 0 Å². The quantitative estimate of drug-likeness (QED) is 0.716. The first-order valence-electron chi connectivity index (χ1n) is 3.89. The topological polar surface area (TPSA) is 49.4 Å². The van der Waals surface area contributed by atoms with Gasteiger partial charge in [0.15, 0.2) is 0 Å². The number of nitrogens with one attached hydrogen (secondary N) is 1. The SMILES string of the molecule is CCCN1C[C@@H](Br)C(=O)NC1=O. The van der Waals surface area contributed by atoms with Crippen LogP contribution in [0, 0.1) is 0 Å². The monoisotopic (exact) mass is 234 g/mol. The number of urea groups is 1. The van der Waals surface area contributed by atoms with Crippen molar-refractivity contribution >= 4 is 27.9 Å². The summed E-state index contributed by atoms with van der Waals surface area (Å²) in [5.74, 6) is -0.243. The molecule has 0 aromatic rings. The Balaban J connectivity index is 2.55. The smallest absolute Gasteiger partial charge is 0.323 e. The standard InChI is InChI=1S/C7H11BrN2O2/c1-2-3-10-4-5(8)6(11)9-7(10)12/h5H,2-4H2,1H3,(H,9,11,12)/t5-/m1/s1. The van der Waals surface area contributed by atoms with Gasteiger partial charge in [0.2, 0.25) is 5.91 Å². The summed E-state index contributed by atoms with van der Waals surface area (Å²) >= 11 is 3.19. The molecule has 1 atom stereocenters. The van der Waals surface area contributed by atoms with E-state index in [1.807, 2.05) is 6.92 Å². The number of imide groups is 1. The van der Waals surface area contributed by atoms with Gasteiger partial charge in [-0.05, 0) is 6.42 Å². The Morgan fingerprint density at radius 3 is 2.92 bits per heavy atom. The van der Waals surface area contributed by atoms with E-state index in [1.54, 1.807) is 4.90 Å². The van der Waals surface area contributed by atoms with Gasteiger partial charge in [-0.1, -0.05) is 22.9 Å². The molecular formula is C7H11BrN2O2. The van der Waals surface area contributed by atoms with E-state index < -0.39 is 0 Å². The van der Waals surface area contributed by atoms with Crippen molar-refractivity contribution in [1.82, 2.24) is 10.2 Å². The zero-order valence-electron chi connectivity index (χ0n) is 6.84. The van der Waals surface area contributed by atoms with Crippen LogP contribution in [0.4, 0.5) is 4.79 Å². The molecule has 0 aromatic carbocycles. The zero-order valence-corrected chi connectivity index (χ0v) is 8.43. The van der Waals surface area contributed by atoms with Gasteiger partial charge in [-0.25, -0.2) is 4.79 Å². The number of nitrogens with zero attached hydrogens (tertiary/aromatic N) is 1. The van der Waals surface area contributed by atoms with Crippen molar-refractivity contribution in [3.05, 3.63) is 0 Å². The summed E-state index contributed by atoms with van der Waals surface area (Å²) in [5.41, 5.74) is 0. The van der Waals surface area contributed by atoms with Gasteiger partial charge in [-0.15, -0.1) is 0 Å². The Labute approximate surface area is 79.4 Å². The molecule has 1 aliphatic heterocycles. The molecule has 1 N–H and O–H groups in total. The molecule has 3 amide bonds. The fraction of sp³-hybridized carbons (Fsp3) is 0.714. The third-order valence-corrected chi connectivity index (χ3v) is 2.38. The van der Waals surface area contributed by atoms with Gasteiger partial charge in [-0.2, -0.15) is 0 Å². The Morgan fingerprint density at radius 1 is 1.67 bits per heavy atom. The molecule has 0 aromatic heterocycles. The largest absolute Gasteiger partial charge is 0.324 e. The maximum Gasteiger partial charge on any atom is 0.324 e.